The lowest BCUT2D eigenvalue weighted by molar-refractivity contribution is 0.716. The van der Waals surface area contributed by atoms with Crippen LogP contribution >= 0.6 is 0 Å². The smallest absolute Gasteiger partial charge is 0.248 e. The van der Waals surface area contributed by atoms with Crippen LogP contribution < -0.4 is 11.3 Å². The van der Waals surface area contributed by atoms with Crippen molar-refractivity contribution < 1.29 is 0 Å². The number of hydrogen-bond acceptors (Lipinski definition) is 3. The first-order valence-corrected chi connectivity index (χ1v) is 3.56. The maximum atomic E-state index is 10.8. The molecule has 4 heteroatoms. The topological polar surface area (TPSA) is 82.7 Å². The zero-order valence-corrected chi connectivity index (χ0v) is 6.45. The minimum Gasteiger partial charge on any atom is -0.325 e. The van der Waals surface area contributed by atoms with E-state index in [9.17, 15) is 4.79 Å². The minimum atomic E-state index is -0.399. The van der Waals surface area contributed by atoms with Gasteiger partial charge in [-0.05, 0) is 6.07 Å². The third-order valence-electron chi connectivity index (χ3n) is 1.50. The molecule has 0 radical (unpaired) electrons. The summed E-state index contributed by atoms with van der Waals surface area (Å²) in [6, 6.07) is 6.26. The molecule has 0 saturated heterocycles. The van der Waals surface area contributed by atoms with Gasteiger partial charge in [0.15, 0.2) is 0 Å². The van der Waals surface area contributed by atoms with E-state index in [4.69, 9.17) is 11.0 Å². The van der Waals surface area contributed by atoms with E-state index >= 15 is 0 Å². The van der Waals surface area contributed by atoms with Crippen molar-refractivity contribution in [2.75, 3.05) is 0 Å². The Bertz CT molecular complexity index is 350. The zero-order valence-electron chi connectivity index (χ0n) is 6.45. The molecule has 0 spiro atoms. The number of pyridine rings is 1. The lowest BCUT2D eigenvalue weighted by Gasteiger charge is -2.05. The van der Waals surface area contributed by atoms with E-state index in [0.717, 1.165) is 0 Å². The van der Waals surface area contributed by atoms with Gasteiger partial charge in [-0.25, -0.2) is 0 Å². The highest BCUT2D eigenvalue weighted by molar-refractivity contribution is 5.09. The van der Waals surface area contributed by atoms with Gasteiger partial charge in [-0.1, -0.05) is 6.07 Å². The quantitative estimate of drug-likeness (QED) is 0.657. The number of nitrogens with two attached hydrogens (primary N) is 1. The number of rotatable bonds is 2. The number of hydrogen-bond donors (Lipinski definition) is 2. The Morgan fingerprint density at radius 3 is 3.00 bits per heavy atom. The number of nitrogens with one attached hydrogen (secondary N) is 1. The van der Waals surface area contributed by atoms with E-state index in [0.29, 0.717) is 5.69 Å². The first-order chi connectivity index (χ1) is 5.74. The normalized spacial score (nSPS) is 12.0. The fraction of sp³-hybridized carbons (Fsp3) is 0.250. The highest BCUT2D eigenvalue weighted by atomic mass is 16.1. The Morgan fingerprint density at radius 2 is 2.42 bits per heavy atom. The van der Waals surface area contributed by atoms with Crippen LogP contribution in [0.3, 0.4) is 0 Å². The van der Waals surface area contributed by atoms with E-state index in [1.54, 1.807) is 12.1 Å². The molecular formula is C8H9N3O. The molecular weight excluding hydrogens is 154 g/mol. The summed E-state index contributed by atoms with van der Waals surface area (Å²) < 4.78 is 0. The third-order valence-corrected chi connectivity index (χ3v) is 1.50. The summed E-state index contributed by atoms with van der Waals surface area (Å²) in [7, 11) is 0. The Hall–Kier alpha value is -1.60. The molecule has 0 unspecified atom stereocenters. The van der Waals surface area contributed by atoms with Crippen molar-refractivity contribution in [3.05, 3.63) is 34.2 Å². The van der Waals surface area contributed by atoms with Crippen LogP contribution in [0.1, 0.15) is 18.2 Å². The Kier molecular flexibility index (Phi) is 2.62. The second kappa shape index (κ2) is 3.69. The maximum Gasteiger partial charge on any atom is 0.248 e. The van der Waals surface area contributed by atoms with E-state index in [-0.39, 0.29) is 12.0 Å². The van der Waals surface area contributed by atoms with Crippen molar-refractivity contribution in [3.63, 3.8) is 0 Å². The predicted molar refractivity (Wildman–Crippen MR) is 44.2 cm³/mol. The standard InChI is InChI=1S/C8H9N3O/c9-5-4-6(10)7-2-1-3-8(12)11-7/h1-3,6H,4,10H2,(H,11,12)/t6-/m1/s1. The van der Waals surface area contributed by atoms with Crippen LogP contribution in [0.4, 0.5) is 0 Å². The van der Waals surface area contributed by atoms with Crippen molar-refractivity contribution in [2.45, 2.75) is 12.5 Å². The molecule has 1 aromatic rings. The van der Waals surface area contributed by atoms with Crippen molar-refractivity contribution in [3.8, 4) is 6.07 Å². The first kappa shape index (κ1) is 8.50. The molecule has 0 aliphatic carbocycles. The van der Waals surface area contributed by atoms with Crippen LogP contribution in [0.2, 0.25) is 0 Å². The number of H-pyrrole nitrogens is 1. The molecule has 62 valence electrons. The van der Waals surface area contributed by atoms with Gasteiger partial charge in [0.25, 0.3) is 0 Å². The van der Waals surface area contributed by atoms with Crippen molar-refractivity contribution in [1.82, 2.24) is 4.98 Å². The van der Waals surface area contributed by atoms with Gasteiger partial charge in [0.05, 0.1) is 18.5 Å². The molecule has 1 rings (SSSR count). The molecule has 3 N–H and O–H groups in total. The average molecular weight is 163 g/mol. The highest BCUT2D eigenvalue weighted by Crippen LogP contribution is 2.07. The van der Waals surface area contributed by atoms with Gasteiger partial charge in [-0.2, -0.15) is 5.26 Å². The summed E-state index contributed by atoms with van der Waals surface area (Å²) >= 11 is 0. The first-order valence-electron chi connectivity index (χ1n) is 3.56. The van der Waals surface area contributed by atoms with Crippen LogP contribution in [-0.2, 0) is 0 Å². The van der Waals surface area contributed by atoms with Gasteiger partial charge in [0, 0.05) is 11.8 Å². The van der Waals surface area contributed by atoms with Crippen LogP contribution in [0.5, 0.6) is 0 Å². The molecule has 12 heavy (non-hydrogen) atoms. The molecule has 4 nitrogen and oxygen atoms in total. The van der Waals surface area contributed by atoms with Crippen molar-refractivity contribution >= 4 is 0 Å². The SMILES string of the molecule is N#CC[C@@H](N)c1cccc(=O)[nH]1. The predicted octanol–water partition coefficient (Wildman–Crippen LogP) is 0.288. The van der Waals surface area contributed by atoms with Crippen molar-refractivity contribution in [1.29, 1.82) is 5.26 Å². The number of aromatic nitrogens is 1. The summed E-state index contributed by atoms with van der Waals surface area (Å²) in [5, 5.41) is 8.35. The van der Waals surface area contributed by atoms with Crippen LogP contribution in [0.25, 0.3) is 0 Å². The molecule has 1 heterocycles. The van der Waals surface area contributed by atoms with E-state index in [2.05, 4.69) is 4.98 Å². The lowest BCUT2D eigenvalue weighted by Crippen LogP contribution is -2.15. The Balaban J connectivity index is 2.89. The average Bonchev–Trinajstić information content (AvgIpc) is 2.05. The van der Waals surface area contributed by atoms with Gasteiger partial charge in [-0.15, -0.1) is 0 Å². The Labute approximate surface area is 69.6 Å². The fourth-order valence-electron chi connectivity index (χ4n) is 0.889. The summed E-state index contributed by atoms with van der Waals surface area (Å²) in [4.78, 5) is 13.4. The van der Waals surface area contributed by atoms with E-state index in [1.807, 2.05) is 6.07 Å². The molecule has 0 fully saturated rings. The molecule has 1 aromatic heterocycles. The maximum absolute atomic E-state index is 10.8. The number of nitriles is 1. The number of aromatic amines is 1. The van der Waals surface area contributed by atoms with Gasteiger partial charge in [0.1, 0.15) is 0 Å². The second-order valence-corrected chi connectivity index (χ2v) is 2.44. The molecule has 0 saturated carbocycles. The van der Waals surface area contributed by atoms with Crippen LogP contribution in [-0.4, -0.2) is 4.98 Å². The Morgan fingerprint density at radius 1 is 1.67 bits per heavy atom. The van der Waals surface area contributed by atoms with Gasteiger partial charge in [0.2, 0.25) is 5.56 Å². The fourth-order valence-corrected chi connectivity index (χ4v) is 0.889. The summed E-state index contributed by atoms with van der Waals surface area (Å²) in [6.07, 6.45) is 0.208. The van der Waals surface area contributed by atoms with E-state index in [1.165, 1.54) is 6.07 Å². The largest absolute Gasteiger partial charge is 0.325 e. The minimum absolute atomic E-state index is 0.194. The molecule has 0 aliphatic heterocycles. The summed E-state index contributed by atoms with van der Waals surface area (Å²) in [6.45, 7) is 0. The van der Waals surface area contributed by atoms with Crippen LogP contribution in [0, 0.1) is 11.3 Å². The third kappa shape index (κ3) is 1.94. The van der Waals surface area contributed by atoms with Crippen molar-refractivity contribution in [2.24, 2.45) is 5.73 Å². The van der Waals surface area contributed by atoms with Crippen LogP contribution in [0.15, 0.2) is 23.0 Å². The molecule has 0 aromatic carbocycles. The van der Waals surface area contributed by atoms with Gasteiger partial charge < -0.3 is 10.7 Å². The molecule has 0 amide bonds. The monoisotopic (exact) mass is 163 g/mol. The zero-order chi connectivity index (χ0) is 8.97. The van der Waals surface area contributed by atoms with Gasteiger partial charge >= 0.3 is 0 Å². The second-order valence-electron chi connectivity index (χ2n) is 2.44. The number of nitrogens with zero attached hydrogens (tertiary/aromatic N) is 1. The molecule has 0 bridgehead atoms. The lowest BCUT2D eigenvalue weighted by atomic mass is 10.1. The van der Waals surface area contributed by atoms with Gasteiger partial charge in [-0.3, -0.25) is 4.79 Å². The summed E-state index contributed by atoms with van der Waals surface area (Å²) in [5.74, 6) is 0. The van der Waals surface area contributed by atoms with E-state index < -0.39 is 6.04 Å². The molecule has 0 aliphatic rings. The molecule has 1 atom stereocenters. The highest BCUT2D eigenvalue weighted by Gasteiger charge is 2.04. The summed E-state index contributed by atoms with van der Waals surface area (Å²) in [5.41, 5.74) is 5.99.